The van der Waals surface area contributed by atoms with Gasteiger partial charge in [-0.25, -0.2) is 4.98 Å². The second kappa shape index (κ2) is 9.63. The Bertz CT molecular complexity index is 578. The second-order valence-electron chi connectivity index (χ2n) is 5.25. The number of methoxy groups -OCH3 is 1. The van der Waals surface area contributed by atoms with Gasteiger partial charge in [-0.3, -0.25) is 4.99 Å². The van der Waals surface area contributed by atoms with Crippen molar-refractivity contribution in [2.75, 3.05) is 27.3 Å². The minimum atomic E-state index is 0.745. The van der Waals surface area contributed by atoms with Gasteiger partial charge >= 0.3 is 0 Å². The van der Waals surface area contributed by atoms with Crippen molar-refractivity contribution in [3.8, 4) is 0 Å². The lowest BCUT2D eigenvalue weighted by Gasteiger charge is -2.12. The molecule has 0 spiro atoms. The summed E-state index contributed by atoms with van der Waals surface area (Å²) in [5.74, 6) is 0.809. The number of aliphatic imine (C=N–C) groups is 1. The predicted octanol–water partition coefficient (Wildman–Crippen LogP) is 1.63. The van der Waals surface area contributed by atoms with Crippen LogP contribution in [0.3, 0.4) is 0 Å². The summed E-state index contributed by atoms with van der Waals surface area (Å²) < 4.78 is 7.08. The summed E-state index contributed by atoms with van der Waals surface area (Å²) in [6.07, 6.45) is 6.55. The molecule has 0 aliphatic rings. The number of nitrogens with zero attached hydrogens (tertiary/aromatic N) is 3. The number of guanidine groups is 1. The number of benzene rings is 1. The first kappa shape index (κ1) is 17.0. The molecule has 0 unspecified atom stereocenters. The van der Waals surface area contributed by atoms with Crippen molar-refractivity contribution in [3.63, 3.8) is 0 Å². The molecule has 1 aromatic carbocycles. The molecular formula is C17H25N5O. The van der Waals surface area contributed by atoms with Crippen molar-refractivity contribution in [3.05, 3.63) is 54.1 Å². The first-order valence-electron chi connectivity index (χ1n) is 7.79. The lowest BCUT2D eigenvalue weighted by atomic mass is 10.1. The van der Waals surface area contributed by atoms with Crippen LogP contribution in [-0.4, -0.2) is 42.8 Å². The molecule has 6 nitrogen and oxygen atoms in total. The van der Waals surface area contributed by atoms with Crippen LogP contribution in [0.15, 0.2) is 48.0 Å². The molecule has 0 fully saturated rings. The Morgan fingerprint density at radius 3 is 2.65 bits per heavy atom. The van der Waals surface area contributed by atoms with E-state index in [0.29, 0.717) is 0 Å². The third-order valence-corrected chi connectivity index (χ3v) is 3.45. The second-order valence-corrected chi connectivity index (χ2v) is 5.25. The number of ether oxygens (including phenoxy) is 1. The van der Waals surface area contributed by atoms with Crippen molar-refractivity contribution in [1.29, 1.82) is 0 Å². The molecule has 23 heavy (non-hydrogen) atoms. The molecule has 2 aromatic rings. The van der Waals surface area contributed by atoms with E-state index < -0.39 is 0 Å². The highest BCUT2D eigenvalue weighted by atomic mass is 16.5. The van der Waals surface area contributed by atoms with Gasteiger partial charge in [0, 0.05) is 52.8 Å². The lowest BCUT2D eigenvalue weighted by Crippen LogP contribution is -2.37. The van der Waals surface area contributed by atoms with E-state index in [0.717, 1.165) is 38.6 Å². The fourth-order valence-electron chi connectivity index (χ4n) is 2.18. The summed E-state index contributed by atoms with van der Waals surface area (Å²) in [6.45, 7) is 3.19. The molecule has 2 N–H and O–H groups in total. The largest absolute Gasteiger partial charge is 0.385 e. The summed E-state index contributed by atoms with van der Waals surface area (Å²) >= 11 is 0. The SMILES string of the molecule is CN=C(NCCCOC)NCc1ccc(Cn2ccnc2)cc1. The maximum atomic E-state index is 5.03. The molecule has 1 heterocycles. The maximum Gasteiger partial charge on any atom is 0.191 e. The van der Waals surface area contributed by atoms with E-state index >= 15 is 0 Å². The van der Waals surface area contributed by atoms with Gasteiger partial charge in [0.15, 0.2) is 5.96 Å². The van der Waals surface area contributed by atoms with E-state index in [-0.39, 0.29) is 0 Å². The Hall–Kier alpha value is -2.34. The van der Waals surface area contributed by atoms with Crippen LogP contribution in [0, 0.1) is 0 Å². The average molecular weight is 315 g/mol. The summed E-state index contributed by atoms with van der Waals surface area (Å²) in [5.41, 5.74) is 2.48. The van der Waals surface area contributed by atoms with Gasteiger partial charge in [-0.1, -0.05) is 24.3 Å². The van der Waals surface area contributed by atoms with Gasteiger partial charge in [0.05, 0.1) is 6.33 Å². The molecule has 0 radical (unpaired) electrons. The molecular weight excluding hydrogens is 290 g/mol. The van der Waals surface area contributed by atoms with Crippen LogP contribution < -0.4 is 10.6 Å². The number of rotatable bonds is 8. The highest BCUT2D eigenvalue weighted by Crippen LogP contribution is 2.06. The topological polar surface area (TPSA) is 63.5 Å². The zero-order chi connectivity index (χ0) is 16.3. The fraction of sp³-hybridized carbons (Fsp3) is 0.412. The van der Waals surface area contributed by atoms with Gasteiger partial charge in [0.25, 0.3) is 0 Å². The molecule has 0 aliphatic heterocycles. The average Bonchev–Trinajstić information content (AvgIpc) is 3.08. The first-order chi connectivity index (χ1) is 11.3. The summed E-state index contributed by atoms with van der Waals surface area (Å²) in [7, 11) is 3.49. The smallest absolute Gasteiger partial charge is 0.191 e. The molecule has 0 amide bonds. The third kappa shape index (κ3) is 6.12. The quantitative estimate of drug-likeness (QED) is 0.441. The molecule has 0 atom stereocenters. The van der Waals surface area contributed by atoms with Crippen LogP contribution in [0.4, 0.5) is 0 Å². The summed E-state index contributed by atoms with van der Waals surface area (Å²) in [5, 5.41) is 6.57. The molecule has 0 bridgehead atoms. The molecule has 0 saturated heterocycles. The van der Waals surface area contributed by atoms with Crippen LogP contribution in [0.2, 0.25) is 0 Å². The van der Waals surface area contributed by atoms with E-state index in [1.165, 1.54) is 11.1 Å². The van der Waals surface area contributed by atoms with E-state index in [1.54, 1.807) is 20.4 Å². The number of nitrogens with one attached hydrogen (secondary N) is 2. The van der Waals surface area contributed by atoms with E-state index in [9.17, 15) is 0 Å². The van der Waals surface area contributed by atoms with Crippen LogP contribution in [0.25, 0.3) is 0 Å². The number of imidazole rings is 1. The van der Waals surface area contributed by atoms with Crippen molar-refractivity contribution in [2.45, 2.75) is 19.5 Å². The van der Waals surface area contributed by atoms with Gasteiger partial charge in [-0.15, -0.1) is 0 Å². The number of aromatic nitrogens is 2. The Morgan fingerprint density at radius 2 is 2.00 bits per heavy atom. The Morgan fingerprint density at radius 1 is 1.22 bits per heavy atom. The van der Waals surface area contributed by atoms with Crippen molar-refractivity contribution in [2.24, 2.45) is 4.99 Å². The van der Waals surface area contributed by atoms with E-state index in [2.05, 4.69) is 49.4 Å². The molecule has 0 saturated carbocycles. The van der Waals surface area contributed by atoms with Crippen molar-refractivity contribution in [1.82, 2.24) is 20.2 Å². The highest BCUT2D eigenvalue weighted by molar-refractivity contribution is 5.79. The van der Waals surface area contributed by atoms with Crippen LogP contribution >= 0.6 is 0 Å². The normalized spacial score (nSPS) is 11.5. The Kier molecular flexibility index (Phi) is 7.13. The zero-order valence-electron chi connectivity index (χ0n) is 13.8. The van der Waals surface area contributed by atoms with Gasteiger partial charge in [0.2, 0.25) is 0 Å². The van der Waals surface area contributed by atoms with Crippen LogP contribution in [0.1, 0.15) is 17.5 Å². The van der Waals surface area contributed by atoms with Gasteiger partial charge in [-0.2, -0.15) is 0 Å². The number of hydrogen-bond acceptors (Lipinski definition) is 3. The van der Waals surface area contributed by atoms with Gasteiger partial charge in [0.1, 0.15) is 0 Å². The minimum Gasteiger partial charge on any atom is -0.385 e. The van der Waals surface area contributed by atoms with Gasteiger partial charge in [-0.05, 0) is 17.5 Å². The number of hydrogen-bond donors (Lipinski definition) is 2. The molecule has 124 valence electrons. The Balaban J connectivity index is 1.76. The third-order valence-electron chi connectivity index (χ3n) is 3.45. The maximum absolute atomic E-state index is 5.03. The van der Waals surface area contributed by atoms with E-state index in [1.807, 2.05) is 12.5 Å². The zero-order valence-corrected chi connectivity index (χ0v) is 13.8. The van der Waals surface area contributed by atoms with Crippen molar-refractivity contribution < 1.29 is 4.74 Å². The molecule has 0 aliphatic carbocycles. The lowest BCUT2D eigenvalue weighted by molar-refractivity contribution is 0.195. The predicted molar refractivity (Wildman–Crippen MR) is 92.5 cm³/mol. The summed E-state index contributed by atoms with van der Waals surface area (Å²) in [4.78, 5) is 8.27. The minimum absolute atomic E-state index is 0.745. The Labute approximate surface area is 137 Å². The van der Waals surface area contributed by atoms with Crippen LogP contribution in [-0.2, 0) is 17.8 Å². The molecule has 6 heteroatoms. The van der Waals surface area contributed by atoms with Crippen molar-refractivity contribution >= 4 is 5.96 Å². The first-order valence-corrected chi connectivity index (χ1v) is 7.79. The summed E-state index contributed by atoms with van der Waals surface area (Å²) in [6, 6.07) is 8.56. The van der Waals surface area contributed by atoms with Gasteiger partial charge < -0.3 is 19.9 Å². The highest BCUT2D eigenvalue weighted by Gasteiger charge is 1.99. The standard InChI is InChI=1S/C17H25N5O/c1-18-17(20-8-3-11-23-2)21-12-15-4-6-16(7-5-15)13-22-10-9-19-14-22/h4-7,9-10,14H,3,8,11-13H2,1-2H3,(H2,18,20,21). The fourth-order valence-corrected chi connectivity index (χ4v) is 2.18. The van der Waals surface area contributed by atoms with Crippen LogP contribution in [0.5, 0.6) is 0 Å². The van der Waals surface area contributed by atoms with E-state index in [4.69, 9.17) is 4.74 Å². The monoisotopic (exact) mass is 315 g/mol. The molecule has 1 aromatic heterocycles. The molecule has 2 rings (SSSR count).